The summed E-state index contributed by atoms with van der Waals surface area (Å²) >= 11 is 0. The molecule has 2 atom stereocenters. The summed E-state index contributed by atoms with van der Waals surface area (Å²) in [7, 11) is -2.01. The lowest BCUT2D eigenvalue weighted by molar-refractivity contribution is -0.177. The SMILES string of the molecule is COC1=CC=CCC1(C)S(=O)(=O)n1cc(S(=O)(=O)Cl)c2c1CC(C(F)(F)F)CC2. The summed E-state index contributed by atoms with van der Waals surface area (Å²) < 4.78 is 95.2. The van der Waals surface area contributed by atoms with Gasteiger partial charge in [0.2, 0.25) is 0 Å². The Bertz CT molecular complexity index is 1100. The average molecular weight is 474 g/mol. The first-order valence-electron chi connectivity index (χ1n) is 8.64. The molecule has 12 heteroatoms. The maximum absolute atomic E-state index is 13.5. The minimum atomic E-state index is -4.54. The molecule has 1 aromatic rings. The van der Waals surface area contributed by atoms with Gasteiger partial charge in [0.05, 0.1) is 13.0 Å². The van der Waals surface area contributed by atoms with E-state index < -0.39 is 47.2 Å². The van der Waals surface area contributed by atoms with E-state index in [1.165, 1.54) is 20.1 Å². The molecule has 0 aromatic carbocycles. The number of rotatable bonds is 4. The summed E-state index contributed by atoms with van der Waals surface area (Å²) in [5.41, 5.74) is -0.189. The van der Waals surface area contributed by atoms with Crippen molar-refractivity contribution in [3.8, 4) is 0 Å². The predicted molar refractivity (Wildman–Crippen MR) is 101 cm³/mol. The number of ether oxygens (including phenoxy) is 1. The fourth-order valence-corrected chi connectivity index (χ4v) is 6.91. The summed E-state index contributed by atoms with van der Waals surface area (Å²) in [4.78, 5) is -0.476. The zero-order valence-corrected chi connectivity index (χ0v) is 17.9. The van der Waals surface area contributed by atoms with E-state index in [1.807, 2.05) is 0 Å². The molecule has 162 valence electrons. The van der Waals surface area contributed by atoms with Crippen molar-refractivity contribution in [2.75, 3.05) is 7.11 Å². The number of hydrogen-bond acceptors (Lipinski definition) is 5. The number of allylic oxidation sites excluding steroid dienone is 3. The fraction of sp³-hybridized carbons (Fsp3) is 0.529. The number of halogens is 4. The van der Waals surface area contributed by atoms with Crippen LogP contribution in [0.3, 0.4) is 0 Å². The first kappa shape index (κ1) is 22.2. The Kier molecular flexibility index (Phi) is 5.41. The Morgan fingerprint density at radius 2 is 1.93 bits per heavy atom. The standard InChI is InChI=1S/C17H19ClF3NO5S2/c1-16(8-4-3-5-15(16)27-2)29(25,26)22-10-14(28(18,23)24)12-7-6-11(9-13(12)22)17(19,20)21/h3-5,10-11H,6-9H2,1-2H3. The summed E-state index contributed by atoms with van der Waals surface area (Å²) in [6, 6.07) is 0. The third-order valence-corrected chi connectivity index (χ3v) is 9.24. The van der Waals surface area contributed by atoms with Crippen LogP contribution in [0, 0.1) is 5.92 Å². The molecule has 0 aliphatic heterocycles. The van der Waals surface area contributed by atoms with E-state index in [0.29, 0.717) is 3.97 Å². The lowest BCUT2D eigenvalue weighted by atomic mass is 9.87. The molecule has 1 aromatic heterocycles. The first-order chi connectivity index (χ1) is 13.2. The Morgan fingerprint density at radius 1 is 1.28 bits per heavy atom. The van der Waals surface area contributed by atoms with Gasteiger partial charge in [-0.05, 0) is 37.8 Å². The molecule has 29 heavy (non-hydrogen) atoms. The summed E-state index contributed by atoms with van der Waals surface area (Å²) in [6.45, 7) is 1.38. The molecular weight excluding hydrogens is 455 g/mol. The van der Waals surface area contributed by atoms with E-state index >= 15 is 0 Å². The molecule has 1 heterocycles. The molecule has 2 aliphatic carbocycles. The van der Waals surface area contributed by atoms with Crippen LogP contribution in [0.4, 0.5) is 13.2 Å². The second-order valence-electron chi connectivity index (χ2n) is 7.24. The normalized spacial score (nSPS) is 25.4. The lowest BCUT2D eigenvalue weighted by Crippen LogP contribution is -2.43. The van der Waals surface area contributed by atoms with E-state index in [-0.39, 0.29) is 36.3 Å². The van der Waals surface area contributed by atoms with Gasteiger partial charge in [0, 0.05) is 29.0 Å². The molecular formula is C17H19ClF3NO5S2. The summed E-state index contributed by atoms with van der Waals surface area (Å²) in [6.07, 6.45) is -0.298. The third-order valence-electron chi connectivity index (χ3n) is 5.51. The molecule has 0 bridgehead atoms. The van der Waals surface area contributed by atoms with E-state index in [0.717, 1.165) is 6.20 Å². The van der Waals surface area contributed by atoms with Gasteiger partial charge in [-0.25, -0.2) is 20.8 Å². The van der Waals surface area contributed by atoms with Crippen molar-refractivity contribution >= 4 is 29.8 Å². The van der Waals surface area contributed by atoms with Gasteiger partial charge in [-0.1, -0.05) is 12.2 Å². The quantitative estimate of drug-likeness (QED) is 0.625. The molecule has 0 saturated heterocycles. The monoisotopic (exact) mass is 473 g/mol. The smallest absolute Gasteiger partial charge is 0.392 e. The Hall–Kier alpha value is -1.46. The van der Waals surface area contributed by atoms with Crippen LogP contribution in [0.2, 0.25) is 0 Å². The topological polar surface area (TPSA) is 82.4 Å². The van der Waals surface area contributed by atoms with Crippen molar-refractivity contribution in [2.24, 2.45) is 5.92 Å². The molecule has 0 fully saturated rings. The van der Waals surface area contributed by atoms with Crippen molar-refractivity contribution in [3.63, 3.8) is 0 Å². The van der Waals surface area contributed by atoms with Gasteiger partial charge in [0.15, 0.2) is 0 Å². The molecule has 0 radical (unpaired) electrons. The second kappa shape index (κ2) is 7.05. The van der Waals surface area contributed by atoms with Gasteiger partial charge in [-0.2, -0.15) is 13.2 Å². The fourth-order valence-electron chi connectivity index (χ4n) is 3.83. The van der Waals surface area contributed by atoms with Gasteiger partial charge in [-0.15, -0.1) is 0 Å². The molecule has 3 rings (SSSR count). The van der Waals surface area contributed by atoms with Gasteiger partial charge in [0.25, 0.3) is 19.1 Å². The van der Waals surface area contributed by atoms with Crippen molar-refractivity contribution in [1.82, 2.24) is 3.97 Å². The van der Waals surface area contributed by atoms with Crippen molar-refractivity contribution in [2.45, 2.75) is 48.4 Å². The number of hydrogen-bond donors (Lipinski definition) is 0. The Balaban J connectivity index is 2.24. The Morgan fingerprint density at radius 3 is 2.48 bits per heavy atom. The van der Waals surface area contributed by atoms with Crippen molar-refractivity contribution in [3.05, 3.63) is 41.4 Å². The van der Waals surface area contributed by atoms with E-state index in [2.05, 4.69) is 0 Å². The third kappa shape index (κ3) is 3.61. The van der Waals surface area contributed by atoms with E-state index in [4.69, 9.17) is 15.4 Å². The number of methoxy groups -OCH3 is 1. The van der Waals surface area contributed by atoms with E-state index in [1.54, 1.807) is 12.2 Å². The molecule has 2 aliphatic rings. The molecule has 2 unspecified atom stereocenters. The molecule has 0 spiro atoms. The van der Waals surface area contributed by atoms with Gasteiger partial charge >= 0.3 is 6.18 Å². The molecule has 6 nitrogen and oxygen atoms in total. The van der Waals surface area contributed by atoms with Crippen molar-refractivity contribution in [1.29, 1.82) is 0 Å². The van der Waals surface area contributed by atoms with Crippen LogP contribution in [0.15, 0.2) is 35.1 Å². The van der Waals surface area contributed by atoms with Crippen LogP contribution in [0.25, 0.3) is 0 Å². The van der Waals surface area contributed by atoms with Crippen LogP contribution in [0.5, 0.6) is 0 Å². The Labute approximate surface area is 171 Å². The second-order valence-corrected chi connectivity index (χ2v) is 12.0. The predicted octanol–water partition coefficient (Wildman–Crippen LogP) is 3.51. The highest BCUT2D eigenvalue weighted by Gasteiger charge is 2.49. The van der Waals surface area contributed by atoms with Crippen LogP contribution in [0.1, 0.15) is 31.0 Å². The zero-order valence-electron chi connectivity index (χ0n) is 15.5. The highest BCUT2D eigenvalue weighted by atomic mass is 35.7. The van der Waals surface area contributed by atoms with Gasteiger partial charge in [0.1, 0.15) is 15.4 Å². The number of fused-ring (bicyclic) bond motifs is 1. The maximum atomic E-state index is 13.5. The van der Waals surface area contributed by atoms with Crippen LogP contribution < -0.4 is 0 Å². The number of aromatic nitrogens is 1. The minimum Gasteiger partial charge on any atom is -0.499 e. The van der Waals surface area contributed by atoms with Crippen molar-refractivity contribution < 1.29 is 34.7 Å². The number of alkyl halides is 3. The van der Waals surface area contributed by atoms with Gasteiger partial charge in [-0.3, -0.25) is 0 Å². The van der Waals surface area contributed by atoms with Gasteiger partial charge < -0.3 is 4.74 Å². The summed E-state index contributed by atoms with van der Waals surface area (Å²) in [5, 5.41) is 0. The number of nitrogens with zero attached hydrogens (tertiary/aromatic N) is 1. The largest absolute Gasteiger partial charge is 0.499 e. The van der Waals surface area contributed by atoms with E-state index in [9.17, 15) is 30.0 Å². The molecule has 0 N–H and O–H groups in total. The highest BCUT2D eigenvalue weighted by Crippen LogP contribution is 2.43. The van der Waals surface area contributed by atoms with Crippen LogP contribution >= 0.6 is 10.7 Å². The van der Waals surface area contributed by atoms with Crippen LogP contribution in [-0.4, -0.2) is 38.8 Å². The first-order valence-corrected chi connectivity index (χ1v) is 12.4. The molecule has 0 amide bonds. The lowest BCUT2D eigenvalue weighted by Gasteiger charge is -2.33. The minimum absolute atomic E-state index is 0.00756. The highest BCUT2D eigenvalue weighted by molar-refractivity contribution is 8.13. The zero-order chi connectivity index (χ0) is 21.8. The summed E-state index contributed by atoms with van der Waals surface area (Å²) in [5.74, 6) is -1.68. The molecule has 0 saturated carbocycles. The average Bonchev–Trinajstić information content (AvgIpc) is 3.01. The van der Waals surface area contributed by atoms with Crippen LogP contribution in [-0.2, 0) is 36.7 Å². The maximum Gasteiger partial charge on any atom is 0.392 e.